The molecule has 0 spiro atoms. The van der Waals surface area contributed by atoms with E-state index in [2.05, 4.69) is 15.5 Å². The number of carbonyl (C=O) groups excluding carboxylic acids is 1. The highest BCUT2D eigenvalue weighted by atomic mass is 32.2. The lowest BCUT2D eigenvalue weighted by Gasteiger charge is -2.12. The Morgan fingerprint density at radius 3 is 2.52 bits per heavy atom. The van der Waals surface area contributed by atoms with Crippen molar-refractivity contribution < 1.29 is 13.6 Å². The first-order valence-electron chi connectivity index (χ1n) is 9.76. The number of carbonyl (C=O) groups is 1. The molecule has 2 aromatic carbocycles. The number of aryl methyl sites for hydroxylation is 1. The molecule has 0 bridgehead atoms. The Balaban J connectivity index is 1.54. The van der Waals surface area contributed by atoms with Gasteiger partial charge in [-0.15, -0.1) is 10.2 Å². The summed E-state index contributed by atoms with van der Waals surface area (Å²) in [7, 11) is 0. The second-order valence-electron chi connectivity index (χ2n) is 7.01. The standard InChI is InChI=1S/C23H21FN4O2S/c1-15-8-13-20(30-15)16(2)25-21(29)14-31-23-27-26-22(17-9-11-18(24)12-10-17)28(23)19-6-4-3-5-7-19/h3-13,16H,14H2,1-2H3,(H,25,29). The quantitative estimate of drug-likeness (QED) is 0.415. The van der Waals surface area contributed by atoms with Gasteiger partial charge in [-0.25, -0.2) is 4.39 Å². The average Bonchev–Trinajstić information content (AvgIpc) is 3.40. The van der Waals surface area contributed by atoms with Crippen LogP contribution in [0.2, 0.25) is 0 Å². The van der Waals surface area contributed by atoms with Gasteiger partial charge in [0.25, 0.3) is 0 Å². The molecule has 31 heavy (non-hydrogen) atoms. The molecule has 2 heterocycles. The summed E-state index contributed by atoms with van der Waals surface area (Å²) in [6, 6.07) is 19.2. The normalized spacial score (nSPS) is 12.0. The fourth-order valence-electron chi connectivity index (χ4n) is 3.13. The van der Waals surface area contributed by atoms with Gasteiger partial charge in [-0.1, -0.05) is 30.0 Å². The van der Waals surface area contributed by atoms with Crippen LogP contribution < -0.4 is 5.32 Å². The van der Waals surface area contributed by atoms with Gasteiger partial charge < -0.3 is 9.73 Å². The number of para-hydroxylation sites is 1. The first-order chi connectivity index (χ1) is 15.0. The van der Waals surface area contributed by atoms with Gasteiger partial charge in [0.2, 0.25) is 5.91 Å². The third kappa shape index (κ3) is 4.86. The molecule has 0 saturated carbocycles. The van der Waals surface area contributed by atoms with Crippen LogP contribution in [0.5, 0.6) is 0 Å². The number of thioether (sulfide) groups is 1. The van der Waals surface area contributed by atoms with E-state index in [4.69, 9.17) is 4.42 Å². The van der Waals surface area contributed by atoms with Crippen molar-refractivity contribution in [2.75, 3.05) is 5.75 Å². The van der Waals surface area contributed by atoms with Gasteiger partial charge in [0.15, 0.2) is 11.0 Å². The summed E-state index contributed by atoms with van der Waals surface area (Å²) in [5.41, 5.74) is 1.59. The van der Waals surface area contributed by atoms with Crippen molar-refractivity contribution >= 4 is 17.7 Å². The van der Waals surface area contributed by atoms with Crippen LogP contribution in [-0.2, 0) is 4.79 Å². The Hall–Kier alpha value is -3.39. The lowest BCUT2D eigenvalue weighted by molar-refractivity contribution is -0.119. The molecule has 0 saturated heterocycles. The molecule has 1 unspecified atom stereocenters. The van der Waals surface area contributed by atoms with Crippen LogP contribution >= 0.6 is 11.8 Å². The predicted octanol–water partition coefficient (Wildman–Crippen LogP) is 4.94. The molecule has 0 fully saturated rings. The number of hydrogen-bond acceptors (Lipinski definition) is 5. The van der Waals surface area contributed by atoms with E-state index in [-0.39, 0.29) is 23.5 Å². The zero-order valence-corrected chi connectivity index (χ0v) is 17.9. The van der Waals surface area contributed by atoms with Crippen LogP contribution in [-0.4, -0.2) is 26.4 Å². The first-order valence-corrected chi connectivity index (χ1v) is 10.7. The maximum Gasteiger partial charge on any atom is 0.231 e. The molecule has 2 aromatic heterocycles. The number of aromatic nitrogens is 3. The number of nitrogens with zero attached hydrogens (tertiary/aromatic N) is 3. The number of benzene rings is 2. The van der Waals surface area contributed by atoms with Crippen LogP contribution in [0.1, 0.15) is 24.5 Å². The molecule has 4 aromatic rings. The molecule has 0 radical (unpaired) electrons. The molecule has 0 aliphatic rings. The number of rotatable bonds is 7. The van der Waals surface area contributed by atoms with Gasteiger partial charge in [-0.3, -0.25) is 9.36 Å². The third-order valence-corrected chi connectivity index (χ3v) is 5.58. The molecule has 6 nitrogen and oxygen atoms in total. The van der Waals surface area contributed by atoms with Crippen LogP contribution in [0.15, 0.2) is 76.3 Å². The number of furan rings is 1. The largest absolute Gasteiger partial charge is 0.464 e. The van der Waals surface area contributed by atoms with Crippen molar-refractivity contribution in [1.82, 2.24) is 20.1 Å². The second kappa shape index (κ2) is 9.18. The smallest absolute Gasteiger partial charge is 0.231 e. The highest BCUT2D eigenvalue weighted by molar-refractivity contribution is 7.99. The van der Waals surface area contributed by atoms with E-state index in [9.17, 15) is 9.18 Å². The van der Waals surface area contributed by atoms with E-state index in [0.717, 1.165) is 17.0 Å². The summed E-state index contributed by atoms with van der Waals surface area (Å²) < 4.78 is 20.8. The second-order valence-corrected chi connectivity index (χ2v) is 7.95. The highest BCUT2D eigenvalue weighted by Crippen LogP contribution is 2.28. The number of hydrogen-bond donors (Lipinski definition) is 1. The molecule has 4 rings (SSSR count). The minimum absolute atomic E-state index is 0.141. The summed E-state index contributed by atoms with van der Waals surface area (Å²) >= 11 is 1.28. The SMILES string of the molecule is Cc1ccc(C(C)NC(=O)CSc2nnc(-c3ccc(F)cc3)n2-c2ccccc2)o1. The van der Waals surface area contributed by atoms with Crippen molar-refractivity contribution in [2.45, 2.75) is 25.0 Å². The van der Waals surface area contributed by atoms with E-state index in [1.54, 1.807) is 12.1 Å². The Kier molecular flexibility index (Phi) is 6.18. The molecule has 1 N–H and O–H groups in total. The fraction of sp³-hybridized carbons (Fsp3) is 0.174. The van der Waals surface area contributed by atoms with Gasteiger partial charge in [0, 0.05) is 11.3 Å². The predicted molar refractivity (Wildman–Crippen MR) is 117 cm³/mol. The van der Waals surface area contributed by atoms with Gasteiger partial charge in [-0.2, -0.15) is 0 Å². The Labute approximate surface area is 183 Å². The number of halogens is 1. The molecule has 8 heteroatoms. The highest BCUT2D eigenvalue weighted by Gasteiger charge is 2.18. The zero-order valence-electron chi connectivity index (χ0n) is 17.1. The van der Waals surface area contributed by atoms with Crippen LogP contribution in [0.3, 0.4) is 0 Å². The molecular weight excluding hydrogens is 415 g/mol. The van der Waals surface area contributed by atoms with Gasteiger partial charge >= 0.3 is 0 Å². The first kappa shape index (κ1) is 20.9. The summed E-state index contributed by atoms with van der Waals surface area (Å²) in [5.74, 6) is 1.79. The van der Waals surface area contributed by atoms with Gasteiger partial charge in [-0.05, 0) is 62.4 Å². The van der Waals surface area contributed by atoms with Gasteiger partial charge in [0.05, 0.1) is 11.8 Å². The number of amides is 1. The molecule has 0 aliphatic carbocycles. The fourth-order valence-corrected chi connectivity index (χ4v) is 3.89. The van der Waals surface area contributed by atoms with Crippen LogP contribution in [0.25, 0.3) is 17.1 Å². The van der Waals surface area contributed by atoms with E-state index in [0.29, 0.717) is 16.7 Å². The van der Waals surface area contributed by atoms with Crippen molar-refractivity contribution in [3.63, 3.8) is 0 Å². The average molecular weight is 437 g/mol. The summed E-state index contributed by atoms with van der Waals surface area (Å²) in [4.78, 5) is 12.5. The third-order valence-electron chi connectivity index (χ3n) is 4.65. The Morgan fingerprint density at radius 2 is 1.84 bits per heavy atom. The Bertz CT molecular complexity index is 1170. The molecule has 1 amide bonds. The molecule has 1 atom stereocenters. The summed E-state index contributed by atoms with van der Waals surface area (Å²) in [5, 5.41) is 12.1. The minimum atomic E-state index is -0.318. The van der Waals surface area contributed by atoms with Crippen LogP contribution in [0, 0.1) is 12.7 Å². The molecule has 0 aliphatic heterocycles. The van der Waals surface area contributed by atoms with Crippen molar-refractivity contribution in [2.24, 2.45) is 0 Å². The molecular formula is C23H21FN4O2S. The van der Waals surface area contributed by atoms with Crippen molar-refractivity contribution in [3.8, 4) is 17.1 Å². The number of nitrogens with one attached hydrogen (secondary N) is 1. The summed E-state index contributed by atoms with van der Waals surface area (Å²) in [6.07, 6.45) is 0. The Morgan fingerprint density at radius 1 is 1.10 bits per heavy atom. The lowest BCUT2D eigenvalue weighted by atomic mass is 10.2. The van der Waals surface area contributed by atoms with Crippen molar-refractivity contribution in [1.29, 1.82) is 0 Å². The lowest BCUT2D eigenvalue weighted by Crippen LogP contribution is -2.28. The summed E-state index contributed by atoms with van der Waals surface area (Å²) in [6.45, 7) is 3.74. The minimum Gasteiger partial charge on any atom is -0.464 e. The van der Waals surface area contributed by atoms with E-state index < -0.39 is 0 Å². The van der Waals surface area contributed by atoms with E-state index >= 15 is 0 Å². The monoisotopic (exact) mass is 436 g/mol. The maximum absolute atomic E-state index is 13.4. The van der Waals surface area contributed by atoms with Crippen molar-refractivity contribution in [3.05, 3.63) is 84.1 Å². The van der Waals surface area contributed by atoms with Gasteiger partial charge in [0.1, 0.15) is 17.3 Å². The van der Waals surface area contributed by atoms with E-state index in [1.165, 1.54) is 23.9 Å². The van der Waals surface area contributed by atoms with Crippen LogP contribution in [0.4, 0.5) is 4.39 Å². The maximum atomic E-state index is 13.4. The molecule has 158 valence electrons. The zero-order chi connectivity index (χ0) is 21.8. The topological polar surface area (TPSA) is 73.0 Å². The van der Waals surface area contributed by atoms with E-state index in [1.807, 2.05) is 60.9 Å².